The maximum absolute atomic E-state index is 4.69. The Balaban J connectivity index is 1.73. The number of nitrogens with zero attached hydrogens (tertiary/aromatic N) is 4. The third-order valence-electron chi connectivity index (χ3n) is 3.94. The van der Waals surface area contributed by atoms with Crippen LogP contribution in [0.25, 0.3) is 0 Å². The van der Waals surface area contributed by atoms with Gasteiger partial charge in [-0.1, -0.05) is 30.3 Å². The van der Waals surface area contributed by atoms with E-state index in [2.05, 4.69) is 58.3 Å². The Kier molecular flexibility index (Phi) is 5.57. The standard InChI is InChI=1S/C20H23N5/c1-16(2)25(15-18-6-4-3-5-7-18)20-22-13-10-19(24-20)23-14-17-8-11-21-12-9-17/h3-13,16H,14-15H2,1-2H3,(H,22,23,24). The van der Waals surface area contributed by atoms with Gasteiger partial charge in [-0.2, -0.15) is 4.98 Å². The molecule has 0 fully saturated rings. The van der Waals surface area contributed by atoms with E-state index in [1.54, 1.807) is 18.6 Å². The van der Waals surface area contributed by atoms with Crippen LogP contribution in [0.5, 0.6) is 0 Å². The predicted molar refractivity (Wildman–Crippen MR) is 101 cm³/mol. The van der Waals surface area contributed by atoms with Gasteiger partial charge in [-0.15, -0.1) is 0 Å². The molecule has 0 saturated heterocycles. The van der Waals surface area contributed by atoms with E-state index in [-0.39, 0.29) is 0 Å². The summed E-state index contributed by atoms with van der Waals surface area (Å²) < 4.78 is 0. The summed E-state index contributed by atoms with van der Waals surface area (Å²) in [6.07, 6.45) is 5.39. The fourth-order valence-electron chi connectivity index (χ4n) is 2.54. The van der Waals surface area contributed by atoms with Crippen LogP contribution in [-0.4, -0.2) is 21.0 Å². The van der Waals surface area contributed by atoms with Gasteiger partial charge in [0.05, 0.1) is 0 Å². The highest BCUT2D eigenvalue weighted by Crippen LogP contribution is 2.17. The number of pyridine rings is 1. The topological polar surface area (TPSA) is 53.9 Å². The van der Waals surface area contributed by atoms with E-state index >= 15 is 0 Å². The highest BCUT2D eigenvalue weighted by Gasteiger charge is 2.14. The van der Waals surface area contributed by atoms with Gasteiger partial charge in [0.1, 0.15) is 5.82 Å². The lowest BCUT2D eigenvalue weighted by atomic mass is 10.2. The Morgan fingerprint density at radius 3 is 2.40 bits per heavy atom. The average molecular weight is 333 g/mol. The first kappa shape index (κ1) is 16.9. The highest BCUT2D eigenvalue weighted by molar-refractivity contribution is 5.43. The Morgan fingerprint density at radius 2 is 1.68 bits per heavy atom. The molecule has 128 valence electrons. The first-order valence-corrected chi connectivity index (χ1v) is 8.49. The van der Waals surface area contributed by atoms with Crippen LogP contribution in [0.15, 0.2) is 67.1 Å². The Hall–Kier alpha value is -2.95. The van der Waals surface area contributed by atoms with Crippen LogP contribution in [0.2, 0.25) is 0 Å². The summed E-state index contributed by atoms with van der Waals surface area (Å²) in [4.78, 5) is 15.4. The molecule has 2 heterocycles. The second-order valence-corrected chi connectivity index (χ2v) is 6.16. The molecule has 3 aromatic rings. The van der Waals surface area contributed by atoms with E-state index in [1.165, 1.54) is 11.1 Å². The number of hydrogen-bond donors (Lipinski definition) is 1. The molecule has 0 bridgehead atoms. The van der Waals surface area contributed by atoms with Gasteiger partial charge in [-0.3, -0.25) is 4.98 Å². The van der Waals surface area contributed by atoms with Crippen LogP contribution in [0.4, 0.5) is 11.8 Å². The summed E-state index contributed by atoms with van der Waals surface area (Å²) in [7, 11) is 0. The van der Waals surface area contributed by atoms with Gasteiger partial charge in [0.25, 0.3) is 0 Å². The van der Waals surface area contributed by atoms with Crippen molar-refractivity contribution in [1.82, 2.24) is 15.0 Å². The minimum atomic E-state index is 0.302. The quantitative estimate of drug-likeness (QED) is 0.711. The smallest absolute Gasteiger partial charge is 0.227 e. The van der Waals surface area contributed by atoms with Gasteiger partial charge < -0.3 is 10.2 Å². The van der Waals surface area contributed by atoms with Crippen molar-refractivity contribution in [1.29, 1.82) is 0 Å². The molecular formula is C20H23N5. The van der Waals surface area contributed by atoms with Gasteiger partial charge in [-0.05, 0) is 43.2 Å². The van der Waals surface area contributed by atoms with Gasteiger partial charge in [0, 0.05) is 37.7 Å². The fraction of sp³-hybridized carbons (Fsp3) is 0.250. The van der Waals surface area contributed by atoms with Crippen molar-refractivity contribution >= 4 is 11.8 Å². The van der Waals surface area contributed by atoms with Crippen molar-refractivity contribution in [3.05, 3.63) is 78.2 Å². The number of anilines is 2. The largest absolute Gasteiger partial charge is 0.366 e. The second-order valence-electron chi connectivity index (χ2n) is 6.16. The Labute approximate surface area is 148 Å². The molecule has 5 heteroatoms. The monoisotopic (exact) mass is 333 g/mol. The second kappa shape index (κ2) is 8.24. The third-order valence-corrected chi connectivity index (χ3v) is 3.94. The first-order chi connectivity index (χ1) is 12.2. The first-order valence-electron chi connectivity index (χ1n) is 8.49. The minimum Gasteiger partial charge on any atom is -0.366 e. The summed E-state index contributed by atoms with van der Waals surface area (Å²) in [6, 6.07) is 16.6. The molecule has 1 N–H and O–H groups in total. The van der Waals surface area contributed by atoms with Gasteiger partial charge >= 0.3 is 0 Å². The zero-order valence-corrected chi connectivity index (χ0v) is 14.6. The fourth-order valence-corrected chi connectivity index (χ4v) is 2.54. The average Bonchev–Trinajstić information content (AvgIpc) is 2.66. The Bertz CT molecular complexity index is 774. The number of benzene rings is 1. The molecule has 0 spiro atoms. The van der Waals surface area contributed by atoms with Gasteiger partial charge in [-0.25, -0.2) is 4.98 Å². The van der Waals surface area contributed by atoms with Crippen molar-refractivity contribution in [3.63, 3.8) is 0 Å². The lowest BCUT2D eigenvalue weighted by Gasteiger charge is -2.27. The summed E-state index contributed by atoms with van der Waals surface area (Å²) in [5.41, 5.74) is 2.41. The Morgan fingerprint density at radius 1 is 0.920 bits per heavy atom. The van der Waals surface area contributed by atoms with Crippen molar-refractivity contribution < 1.29 is 0 Å². The summed E-state index contributed by atoms with van der Waals surface area (Å²) in [5, 5.41) is 3.35. The molecule has 3 rings (SSSR count). The number of hydrogen-bond acceptors (Lipinski definition) is 5. The summed E-state index contributed by atoms with van der Waals surface area (Å²) >= 11 is 0. The maximum atomic E-state index is 4.69. The molecule has 0 aliphatic heterocycles. The van der Waals surface area contributed by atoms with E-state index in [0.717, 1.165) is 18.3 Å². The van der Waals surface area contributed by atoms with Crippen LogP contribution in [0.3, 0.4) is 0 Å². The highest BCUT2D eigenvalue weighted by atomic mass is 15.3. The summed E-state index contributed by atoms with van der Waals surface area (Å²) in [6.45, 7) is 5.80. The SMILES string of the molecule is CC(C)N(Cc1ccccc1)c1nccc(NCc2ccncc2)n1. The number of nitrogens with one attached hydrogen (secondary N) is 1. The van der Waals surface area contributed by atoms with E-state index in [4.69, 9.17) is 4.98 Å². The molecule has 0 saturated carbocycles. The molecular weight excluding hydrogens is 310 g/mol. The zero-order valence-electron chi connectivity index (χ0n) is 14.6. The molecule has 0 unspecified atom stereocenters. The van der Waals surface area contributed by atoms with Gasteiger partial charge in [0.15, 0.2) is 0 Å². The normalized spacial score (nSPS) is 10.7. The molecule has 0 aliphatic rings. The number of aromatic nitrogens is 3. The zero-order chi connectivity index (χ0) is 17.5. The third kappa shape index (κ3) is 4.76. The van der Waals surface area contributed by atoms with E-state index in [1.807, 2.05) is 24.3 Å². The number of rotatable bonds is 7. The molecule has 0 amide bonds. The van der Waals surface area contributed by atoms with E-state index in [0.29, 0.717) is 12.6 Å². The van der Waals surface area contributed by atoms with Gasteiger partial charge in [0.2, 0.25) is 5.95 Å². The van der Waals surface area contributed by atoms with Crippen molar-refractivity contribution in [2.45, 2.75) is 33.0 Å². The molecule has 5 nitrogen and oxygen atoms in total. The van der Waals surface area contributed by atoms with Crippen molar-refractivity contribution in [2.24, 2.45) is 0 Å². The predicted octanol–water partition coefficient (Wildman–Crippen LogP) is 3.90. The lowest BCUT2D eigenvalue weighted by Crippen LogP contribution is -2.31. The van der Waals surface area contributed by atoms with Crippen LogP contribution < -0.4 is 10.2 Å². The van der Waals surface area contributed by atoms with Crippen LogP contribution >= 0.6 is 0 Å². The molecule has 25 heavy (non-hydrogen) atoms. The van der Waals surface area contributed by atoms with Crippen molar-refractivity contribution in [2.75, 3.05) is 10.2 Å². The molecule has 2 aromatic heterocycles. The summed E-state index contributed by atoms with van der Waals surface area (Å²) in [5.74, 6) is 1.55. The van der Waals surface area contributed by atoms with Crippen LogP contribution in [0, 0.1) is 0 Å². The van der Waals surface area contributed by atoms with Crippen molar-refractivity contribution in [3.8, 4) is 0 Å². The minimum absolute atomic E-state index is 0.302. The molecule has 0 radical (unpaired) electrons. The molecule has 0 aliphatic carbocycles. The lowest BCUT2D eigenvalue weighted by molar-refractivity contribution is 0.661. The molecule has 1 aromatic carbocycles. The van der Waals surface area contributed by atoms with Crippen LogP contribution in [0.1, 0.15) is 25.0 Å². The maximum Gasteiger partial charge on any atom is 0.227 e. The van der Waals surface area contributed by atoms with E-state index in [9.17, 15) is 0 Å². The molecule has 0 atom stereocenters. The van der Waals surface area contributed by atoms with E-state index < -0.39 is 0 Å². The van der Waals surface area contributed by atoms with Crippen LogP contribution in [-0.2, 0) is 13.1 Å².